The van der Waals surface area contributed by atoms with Crippen LogP contribution in [0.25, 0.3) is 5.69 Å². The van der Waals surface area contributed by atoms with Crippen LogP contribution < -0.4 is 0 Å². The van der Waals surface area contributed by atoms with Gasteiger partial charge in [-0.1, -0.05) is 57.8 Å². The molecule has 116 valence electrons. The van der Waals surface area contributed by atoms with Crippen molar-refractivity contribution in [2.24, 2.45) is 5.16 Å². The predicted molar refractivity (Wildman–Crippen MR) is 90.2 cm³/mol. The molecule has 0 amide bonds. The van der Waals surface area contributed by atoms with Gasteiger partial charge in [-0.2, -0.15) is 0 Å². The number of benzene rings is 2. The van der Waals surface area contributed by atoms with Gasteiger partial charge in [0.25, 0.3) is 0 Å². The zero-order valence-electron chi connectivity index (χ0n) is 11.9. The van der Waals surface area contributed by atoms with Gasteiger partial charge in [0.15, 0.2) is 0 Å². The first kappa shape index (κ1) is 15.5. The highest BCUT2D eigenvalue weighted by molar-refractivity contribution is 6.35. The maximum Gasteiger partial charge on any atom is 0.143 e. The summed E-state index contributed by atoms with van der Waals surface area (Å²) in [7, 11) is 0. The van der Waals surface area contributed by atoms with Gasteiger partial charge in [-0.15, -0.1) is 5.10 Å². The van der Waals surface area contributed by atoms with Gasteiger partial charge < -0.3 is 4.84 Å². The molecular formula is C16H12Cl2N4O. The Kier molecular flexibility index (Phi) is 4.90. The van der Waals surface area contributed by atoms with E-state index in [2.05, 4.69) is 15.5 Å². The molecular weight excluding hydrogens is 335 g/mol. The molecule has 23 heavy (non-hydrogen) atoms. The van der Waals surface area contributed by atoms with E-state index in [0.29, 0.717) is 15.7 Å². The Morgan fingerprint density at radius 1 is 1.13 bits per heavy atom. The molecule has 0 radical (unpaired) electrons. The van der Waals surface area contributed by atoms with Gasteiger partial charge in [0.1, 0.15) is 12.3 Å². The summed E-state index contributed by atoms with van der Waals surface area (Å²) in [6.07, 6.45) is 3.26. The second kappa shape index (κ2) is 7.26. The number of hydrogen-bond donors (Lipinski definition) is 0. The molecule has 0 fully saturated rings. The predicted octanol–water partition coefficient (Wildman–Crippen LogP) is 4.12. The van der Waals surface area contributed by atoms with Gasteiger partial charge in [0, 0.05) is 15.6 Å². The summed E-state index contributed by atoms with van der Waals surface area (Å²) in [5, 5.41) is 13.0. The molecule has 1 aromatic heterocycles. The zero-order valence-corrected chi connectivity index (χ0v) is 13.4. The third kappa shape index (κ3) is 4.09. The molecule has 0 bridgehead atoms. The topological polar surface area (TPSA) is 52.3 Å². The van der Waals surface area contributed by atoms with Crippen LogP contribution in [0.5, 0.6) is 0 Å². The van der Waals surface area contributed by atoms with E-state index in [1.54, 1.807) is 29.1 Å². The van der Waals surface area contributed by atoms with Gasteiger partial charge in [-0.25, -0.2) is 4.68 Å². The van der Waals surface area contributed by atoms with E-state index < -0.39 is 0 Å². The molecule has 0 saturated heterocycles. The summed E-state index contributed by atoms with van der Waals surface area (Å²) < 4.78 is 1.66. The SMILES string of the molecule is Clc1ccc(CO/N=C/c2cn(-c3ccccc3)nn2)c(Cl)c1. The van der Waals surface area contributed by atoms with Crippen LogP contribution in [0.4, 0.5) is 0 Å². The van der Waals surface area contributed by atoms with Gasteiger partial charge in [-0.05, 0) is 24.3 Å². The molecule has 7 heteroatoms. The number of para-hydroxylation sites is 1. The normalized spacial score (nSPS) is 11.0. The first-order chi connectivity index (χ1) is 11.2. The van der Waals surface area contributed by atoms with E-state index in [9.17, 15) is 0 Å². The lowest BCUT2D eigenvalue weighted by Crippen LogP contribution is -1.93. The largest absolute Gasteiger partial charge is 0.391 e. The van der Waals surface area contributed by atoms with Crippen molar-refractivity contribution >= 4 is 29.4 Å². The van der Waals surface area contributed by atoms with Gasteiger partial charge in [0.05, 0.1) is 18.1 Å². The number of rotatable bonds is 5. The van der Waals surface area contributed by atoms with Crippen molar-refractivity contribution in [2.75, 3.05) is 0 Å². The highest BCUT2D eigenvalue weighted by Crippen LogP contribution is 2.21. The smallest absolute Gasteiger partial charge is 0.143 e. The van der Waals surface area contributed by atoms with Crippen LogP contribution in [-0.2, 0) is 11.4 Å². The van der Waals surface area contributed by atoms with Crippen LogP contribution in [0.1, 0.15) is 11.3 Å². The summed E-state index contributed by atoms with van der Waals surface area (Å²) in [5.41, 5.74) is 2.32. The van der Waals surface area contributed by atoms with Crippen LogP contribution in [0, 0.1) is 0 Å². The van der Waals surface area contributed by atoms with Crippen LogP contribution in [-0.4, -0.2) is 21.2 Å². The summed E-state index contributed by atoms with van der Waals surface area (Å²) in [4.78, 5) is 5.22. The van der Waals surface area contributed by atoms with E-state index in [1.165, 1.54) is 6.21 Å². The first-order valence-electron chi connectivity index (χ1n) is 6.79. The second-order valence-electron chi connectivity index (χ2n) is 4.67. The second-order valence-corrected chi connectivity index (χ2v) is 5.51. The lowest BCUT2D eigenvalue weighted by molar-refractivity contribution is 0.132. The molecule has 0 aliphatic rings. The Balaban J connectivity index is 1.59. The standard InChI is InChI=1S/C16H12Cl2N4O/c17-13-7-6-12(16(18)8-13)11-23-19-9-14-10-22(21-20-14)15-4-2-1-3-5-15/h1-10H,11H2/b19-9+. The molecule has 0 N–H and O–H groups in total. The van der Waals surface area contributed by atoms with Crippen molar-refractivity contribution < 1.29 is 4.84 Å². The van der Waals surface area contributed by atoms with Crippen molar-refractivity contribution in [3.8, 4) is 5.69 Å². The quantitative estimate of drug-likeness (QED) is 0.515. The number of nitrogens with zero attached hydrogens (tertiary/aromatic N) is 4. The van der Waals surface area contributed by atoms with Crippen molar-refractivity contribution in [2.45, 2.75) is 6.61 Å². The van der Waals surface area contributed by atoms with Crippen molar-refractivity contribution in [3.05, 3.63) is 76.0 Å². The van der Waals surface area contributed by atoms with Crippen molar-refractivity contribution in [1.82, 2.24) is 15.0 Å². The van der Waals surface area contributed by atoms with Gasteiger partial charge in [-0.3, -0.25) is 0 Å². The maximum atomic E-state index is 6.05. The van der Waals surface area contributed by atoms with Crippen molar-refractivity contribution in [3.63, 3.8) is 0 Å². The van der Waals surface area contributed by atoms with Crippen molar-refractivity contribution in [1.29, 1.82) is 0 Å². The summed E-state index contributed by atoms with van der Waals surface area (Å²) in [5.74, 6) is 0. The highest BCUT2D eigenvalue weighted by atomic mass is 35.5. The molecule has 0 unspecified atom stereocenters. The Labute approximate surface area is 143 Å². The Bertz CT molecular complexity index is 818. The highest BCUT2D eigenvalue weighted by Gasteiger charge is 2.02. The van der Waals surface area contributed by atoms with E-state index in [0.717, 1.165) is 11.3 Å². The Hall–Kier alpha value is -2.37. The maximum absolute atomic E-state index is 6.05. The molecule has 0 atom stereocenters. The van der Waals surface area contributed by atoms with E-state index in [4.69, 9.17) is 28.0 Å². The number of oxime groups is 1. The van der Waals surface area contributed by atoms with Crippen LogP contribution >= 0.6 is 23.2 Å². The molecule has 2 aromatic carbocycles. The molecule has 0 aliphatic carbocycles. The lowest BCUT2D eigenvalue weighted by atomic mass is 10.2. The first-order valence-corrected chi connectivity index (χ1v) is 7.55. The van der Waals surface area contributed by atoms with E-state index >= 15 is 0 Å². The van der Waals surface area contributed by atoms with E-state index in [-0.39, 0.29) is 6.61 Å². The minimum atomic E-state index is 0.249. The van der Waals surface area contributed by atoms with Gasteiger partial charge >= 0.3 is 0 Å². The molecule has 3 rings (SSSR count). The Morgan fingerprint density at radius 2 is 1.96 bits per heavy atom. The fourth-order valence-corrected chi connectivity index (χ4v) is 2.34. The number of halogens is 2. The number of hydrogen-bond acceptors (Lipinski definition) is 4. The minimum Gasteiger partial charge on any atom is -0.391 e. The Morgan fingerprint density at radius 3 is 2.74 bits per heavy atom. The third-order valence-electron chi connectivity index (χ3n) is 3.03. The van der Waals surface area contributed by atoms with Crippen LogP contribution in [0.3, 0.4) is 0 Å². The molecule has 0 aliphatic heterocycles. The third-order valence-corrected chi connectivity index (χ3v) is 3.61. The summed E-state index contributed by atoms with van der Waals surface area (Å²) in [6, 6.07) is 14.9. The minimum absolute atomic E-state index is 0.249. The van der Waals surface area contributed by atoms with Crippen LogP contribution in [0.15, 0.2) is 59.9 Å². The summed E-state index contributed by atoms with van der Waals surface area (Å²) >= 11 is 11.9. The number of aromatic nitrogens is 3. The monoisotopic (exact) mass is 346 g/mol. The molecule has 5 nitrogen and oxygen atoms in total. The van der Waals surface area contributed by atoms with Gasteiger partial charge in [0.2, 0.25) is 0 Å². The fraction of sp³-hybridized carbons (Fsp3) is 0.0625. The summed E-state index contributed by atoms with van der Waals surface area (Å²) in [6.45, 7) is 0.249. The molecule has 3 aromatic rings. The molecule has 0 spiro atoms. The fourth-order valence-electron chi connectivity index (χ4n) is 1.88. The molecule has 1 heterocycles. The lowest BCUT2D eigenvalue weighted by Gasteiger charge is -2.02. The van der Waals surface area contributed by atoms with E-state index in [1.807, 2.05) is 30.3 Å². The van der Waals surface area contributed by atoms with Crippen LogP contribution in [0.2, 0.25) is 10.0 Å². The average molecular weight is 347 g/mol. The average Bonchev–Trinajstić information content (AvgIpc) is 3.03. The zero-order chi connectivity index (χ0) is 16.1. The molecule has 0 saturated carbocycles.